The lowest BCUT2D eigenvalue weighted by molar-refractivity contribution is -0.239. The maximum atomic E-state index is 12.4. The average Bonchev–Trinajstić information content (AvgIpc) is 1.92. The first kappa shape index (κ1) is 11.4. The molecule has 0 aromatic rings. The molecule has 0 aromatic heterocycles. The van der Waals surface area contributed by atoms with Gasteiger partial charge in [0.05, 0.1) is 0 Å². The first-order valence-electron chi connectivity index (χ1n) is 4.59. The van der Waals surface area contributed by atoms with Crippen LogP contribution in [0.5, 0.6) is 0 Å². The van der Waals surface area contributed by atoms with Crippen molar-refractivity contribution >= 4 is 0 Å². The van der Waals surface area contributed by atoms with Crippen molar-refractivity contribution in [3.63, 3.8) is 0 Å². The number of halogens is 3. The molecule has 1 nitrogen and oxygen atoms in total. The number of hydrogen-bond donors (Lipinski definition) is 0. The van der Waals surface area contributed by atoms with Gasteiger partial charge in [0, 0.05) is 12.7 Å². The van der Waals surface area contributed by atoms with Crippen molar-refractivity contribution in [2.24, 2.45) is 10.8 Å². The fourth-order valence-corrected chi connectivity index (χ4v) is 1.36. The second-order valence-electron chi connectivity index (χ2n) is 5.02. The van der Waals surface area contributed by atoms with Crippen LogP contribution in [0.3, 0.4) is 0 Å². The standard InChI is InChI=1S/C10H16F3N/c1-8(2)5-6-14(10(11,12)13)7-9(8,3)4/h5-6H,7H2,1-4H3. The van der Waals surface area contributed by atoms with Gasteiger partial charge >= 0.3 is 6.30 Å². The highest BCUT2D eigenvalue weighted by molar-refractivity contribution is 5.08. The Balaban J connectivity index is 2.95. The van der Waals surface area contributed by atoms with Gasteiger partial charge in [0.2, 0.25) is 0 Å². The van der Waals surface area contributed by atoms with Crippen LogP contribution in [0.2, 0.25) is 0 Å². The molecule has 0 aliphatic carbocycles. The smallest absolute Gasteiger partial charge is 0.290 e. The number of allylic oxidation sites excluding steroid dienone is 1. The molecule has 0 radical (unpaired) electrons. The molecule has 4 heteroatoms. The van der Waals surface area contributed by atoms with Gasteiger partial charge in [-0.25, -0.2) is 0 Å². The Bertz CT molecular complexity index is 251. The Kier molecular flexibility index (Phi) is 2.37. The van der Waals surface area contributed by atoms with E-state index in [0.717, 1.165) is 6.20 Å². The summed E-state index contributed by atoms with van der Waals surface area (Å²) in [6.45, 7) is 7.64. The molecule has 1 rings (SSSR count). The lowest BCUT2D eigenvalue weighted by Gasteiger charge is -2.46. The van der Waals surface area contributed by atoms with Crippen LogP contribution in [0.25, 0.3) is 0 Å². The van der Waals surface area contributed by atoms with Crippen LogP contribution >= 0.6 is 0 Å². The zero-order valence-corrected chi connectivity index (χ0v) is 8.94. The van der Waals surface area contributed by atoms with Crippen LogP contribution < -0.4 is 0 Å². The maximum Gasteiger partial charge on any atom is 0.484 e. The van der Waals surface area contributed by atoms with Crippen molar-refractivity contribution in [2.45, 2.75) is 34.0 Å². The molecule has 1 heterocycles. The summed E-state index contributed by atoms with van der Waals surface area (Å²) in [5.74, 6) is 0. The first-order chi connectivity index (χ1) is 6.06. The molecule has 0 unspecified atom stereocenters. The molecule has 0 saturated heterocycles. The van der Waals surface area contributed by atoms with E-state index in [0.29, 0.717) is 4.90 Å². The Labute approximate surface area is 82.6 Å². The molecule has 1 aliphatic rings. The summed E-state index contributed by atoms with van der Waals surface area (Å²) in [5.41, 5.74) is -0.577. The molecule has 0 saturated carbocycles. The van der Waals surface area contributed by atoms with Crippen LogP contribution in [0.4, 0.5) is 13.2 Å². The molecule has 1 aliphatic heterocycles. The topological polar surface area (TPSA) is 3.24 Å². The Hall–Kier alpha value is -0.670. The van der Waals surface area contributed by atoms with Crippen LogP contribution in [0.1, 0.15) is 27.7 Å². The van der Waals surface area contributed by atoms with E-state index in [9.17, 15) is 13.2 Å². The number of rotatable bonds is 0. The third-order valence-corrected chi connectivity index (χ3v) is 3.31. The quantitative estimate of drug-likeness (QED) is 0.550. The molecule has 14 heavy (non-hydrogen) atoms. The zero-order chi connectivity index (χ0) is 11.2. The van der Waals surface area contributed by atoms with Crippen molar-refractivity contribution in [2.75, 3.05) is 6.54 Å². The van der Waals surface area contributed by atoms with Gasteiger partial charge < -0.3 is 0 Å². The lowest BCUT2D eigenvalue weighted by Crippen LogP contribution is -2.48. The summed E-state index contributed by atoms with van der Waals surface area (Å²) in [7, 11) is 0. The van der Waals surface area contributed by atoms with Crippen LogP contribution in [-0.2, 0) is 0 Å². The van der Waals surface area contributed by atoms with E-state index in [1.165, 1.54) is 0 Å². The van der Waals surface area contributed by atoms with E-state index in [4.69, 9.17) is 0 Å². The number of nitrogens with zero attached hydrogens (tertiary/aromatic N) is 1. The normalized spacial score (nSPS) is 25.2. The summed E-state index contributed by atoms with van der Waals surface area (Å²) < 4.78 is 37.2. The Morgan fingerprint density at radius 2 is 1.64 bits per heavy atom. The second-order valence-corrected chi connectivity index (χ2v) is 5.02. The fraction of sp³-hybridized carbons (Fsp3) is 0.800. The molecule has 0 bridgehead atoms. The van der Waals surface area contributed by atoms with Crippen LogP contribution in [-0.4, -0.2) is 17.7 Å². The highest BCUT2D eigenvalue weighted by atomic mass is 19.4. The minimum atomic E-state index is -4.26. The molecule has 0 aromatic carbocycles. The van der Waals surface area contributed by atoms with Crippen molar-refractivity contribution in [1.29, 1.82) is 0 Å². The summed E-state index contributed by atoms with van der Waals surface area (Å²) in [6.07, 6.45) is -1.49. The van der Waals surface area contributed by atoms with Crippen molar-refractivity contribution in [3.8, 4) is 0 Å². The van der Waals surface area contributed by atoms with Crippen LogP contribution in [0, 0.1) is 10.8 Å². The molecule has 82 valence electrons. The van der Waals surface area contributed by atoms with Gasteiger partial charge in [0.25, 0.3) is 0 Å². The second kappa shape index (κ2) is 2.91. The van der Waals surface area contributed by atoms with Gasteiger partial charge in [0.15, 0.2) is 0 Å². The van der Waals surface area contributed by atoms with E-state index >= 15 is 0 Å². The molecule has 0 spiro atoms. The summed E-state index contributed by atoms with van der Waals surface area (Å²) in [6, 6.07) is 0. The summed E-state index contributed by atoms with van der Waals surface area (Å²) in [4.78, 5) is 0.443. The van der Waals surface area contributed by atoms with E-state index in [1.54, 1.807) is 6.08 Å². The van der Waals surface area contributed by atoms with Crippen molar-refractivity contribution < 1.29 is 13.2 Å². The van der Waals surface area contributed by atoms with Crippen molar-refractivity contribution in [1.82, 2.24) is 4.90 Å². The molecular formula is C10H16F3N. The van der Waals surface area contributed by atoms with Crippen LogP contribution in [0.15, 0.2) is 12.3 Å². The fourth-order valence-electron chi connectivity index (χ4n) is 1.36. The summed E-state index contributed by atoms with van der Waals surface area (Å²) >= 11 is 0. The molecular weight excluding hydrogens is 191 g/mol. The van der Waals surface area contributed by atoms with Gasteiger partial charge in [-0.15, -0.1) is 0 Å². The number of hydrogen-bond acceptors (Lipinski definition) is 1. The number of alkyl halides is 3. The van der Waals surface area contributed by atoms with E-state index in [-0.39, 0.29) is 17.4 Å². The highest BCUT2D eigenvalue weighted by Gasteiger charge is 2.46. The predicted octanol–water partition coefficient (Wildman–Crippen LogP) is 3.39. The van der Waals surface area contributed by atoms with Gasteiger partial charge in [-0.2, -0.15) is 13.2 Å². The van der Waals surface area contributed by atoms with Crippen molar-refractivity contribution in [3.05, 3.63) is 12.3 Å². The molecule has 0 fully saturated rings. The van der Waals surface area contributed by atoms with Gasteiger partial charge in [-0.3, -0.25) is 4.90 Å². The minimum Gasteiger partial charge on any atom is -0.290 e. The SMILES string of the molecule is CC1(C)C=CN(C(F)(F)F)CC1(C)C. The predicted molar refractivity (Wildman–Crippen MR) is 49.5 cm³/mol. The Morgan fingerprint density at radius 3 is 2.00 bits per heavy atom. The van der Waals surface area contributed by atoms with Gasteiger partial charge in [-0.1, -0.05) is 33.8 Å². The monoisotopic (exact) mass is 207 g/mol. The van der Waals surface area contributed by atoms with E-state index in [2.05, 4.69) is 0 Å². The first-order valence-corrected chi connectivity index (χ1v) is 4.59. The molecule has 0 atom stereocenters. The van der Waals surface area contributed by atoms with Gasteiger partial charge in [0.1, 0.15) is 0 Å². The lowest BCUT2D eigenvalue weighted by atomic mass is 9.66. The maximum absolute atomic E-state index is 12.4. The average molecular weight is 207 g/mol. The highest BCUT2D eigenvalue weighted by Crippen LogP contribution is 2.45. The van der Waals surface area contributed by atoms with E-state index in [1.807, 2.05) is 27.7 Å². The summed E-state index contributed by atoms with van der Waals surface area (Å²) in [5, 5.41) is 0. The van der Waals surface area contributed by atoms with E-state index < -0.39 is 6.30 Å². The molecule has 0 amide bonds. The largest absolute Gasteiger partial charge is 0.484 e. The molecule has 0 N–H and O–H groups in total. The van der Waals surface area contributed by atoms with Gasteiger partial charge in [-0.05, 0) is 10.8 Å². The Morgan fingerprint density at radius 1 is 1.14 bits per heavy atom. The minimum absolute atomic E-state index is 0.0139. The zero-order valence-electron chi connectivity index (χ0n) is 8.94. The third kappa shape index (κ3) is 1.88. The third-order valence-electron chi connectivity index (χ3n) is 3.31.